The number of benzene rings is 1. The van der Waals surface area contributed by atoms with Gasteiger partial charge in [0.1, 0.15) is 0 Å². The van der Waals surface area contributed by atoms with Gasteiger partial charge in [-0.05, 0) is 19.1 Å². The Labute approximate surface area is 112 Å². The quantitative estimate of drug-likeness (QED) is 0.823. The summed E-state index contributed by atoms with van der Waals surface area (Å²) in [6.45, 7) is 4.70. The van der Waals surface area contributed by atoms with Gasteiger partial charge in [-0.2, -0.15) is 0 Å². The van der Waals surface area contributed by atoms with Gasteiger partial charge in [0, 0.05) is 37.4 Å². The molecular weight excluding hydrogens is 244 g/mol. The maximum absolute atomic E-state index is 11.4. The zero-order valence-electron chi connectivity index (χ0n) is 11.0. The van der Waals surface area contributed by atoms with E-state index in [1.165, 1.54) is 0 Å². The number of hydrogen-bond acceptors (Lipinski definition) is 4. The van der Waals surface area contributed by atoms with E-state index >= 15 is 0 Å². The third kappa shape index (κ3) is 3.54. The molecule has 0 bridgehead atoms. The number of aliphatic carboxylic acids is 1. The van der Waals surface area contributed by atoms with Gasteiger partial charge in [-0.1, -0.05) is 12.1 Å². The van der Waals surface area contributed by atoms with Crippen LogP contribution < -0.4 is 4.90 Å². The molecule has 19 heavy (non-hydrogen) atoms. The monoisotopic (exact) mass is 262 g/mol. The van der Waals surface area contributed by atoms with E-state index in [4.69, 9.17) is 5.11 Å². The maximum atomic E-state index is 11.4. The van der Waals surface area contributed by atoms with Crippen molar-refractivity contribution in [3.63, 3.8) is 0 Å². The first-order valence-electron chi connectivity index (χ1n) is 6.36. The molecular formula is C14H18N2O3. The summed E-state index contributed by atoms with van der Waals surface area (Å²) in [5.41, 5.74) is 1.74. The number of carbonyl (C=O) groups is 2. The van der Waals surface area contributed by atoms with Crippen molar-refractivity contribution in [1.29, 1.82) is 0 Å². The van der Waals surface area contributed by atoms with Crippen LogP contribution in [0.5, 0.6) is 0 Å². The number of hydrogen-bond donors (Lipinski definition) is 1. The molecule has 1 aliphatic rings. The number of anilines is 1. The van der Waals surface area contributed by atoms with Crippen LogP contribution in [0.3, 0.4) is 0 Å². The zero-order chi connectivity index (χ0) is 13.8. The van der Waals surface area contributed by atoms with Crippen molar-refractivity contribution in [3.8, 4) is 0 Å². The highest BCUT2D eigenvalue weighted by Crippen LogP contribution is 2.18. The smallest absolute Gasteiger partial charge is 0.317 e. The summed E-state index contributed by atoms with van der Waals surface area (Å²) in [5, 5.41) is 8.75. The van der Waals surface area contributed by atoms with Gasteiger partial charge >= 0.3 is 5.97 Å². The molecule has 0 amide bonds. The Morgan fingerprint density at radius 3 is 2.47 bits per heavy atom. The number of carboxylic acid groups (broad SMARTS) is 1. The fourth-order valence-electron chi connectivity index (χ4n) is 2.28. The van der Waals surface area contributed by atoms with Crippen LogP contribution in [0.25, 0.3) is 0 Å². The lowest BCUT2D eigenvalue weighted by Crippen LogP contribution is -2.48. The fraction of sp³-hybridized carbons (Fsp3) is 0.429. The van der Waals surface area contributed by atoms with Crippen molar-refractivity contribution in [2.45, 2.75) is 6.92 Å². The van der Waals surface area contributed by atoms with Crippen LogP contribution in [0.2, 0.25) is 0 Å². The van der Waals surface area contributed by atoms with Crippen LogP contribution in [0, 0.1) is 0 Å². The molecule has 1 fully saturated rings. The highest BCUT2D eigenvalue weighted by atomic mass is 16.4. The predicted molar refractivity (Wildman–Crippen MR) is 72.7 cm³/mol. The summed E-state index contributed by atoms with van der Waals surface area (Å²) >= 11 is 0. The molecule has 1 N–H and O–H groups in total. The van der Waals surface area contributed by atoms with Gasteiger partial charge in [-0.25, -0.2) is 0 Å². The molecule has 0 atom stereocenters. The molecule has 0 saturated carbocycles. The lowest BCUT2D eigenvalue weighted by atomic mass is 10.1. The van der Waals surface area contributed by atoms with E-state index in [1.54, 1.807) is 6.92 Å². The Bertz CT molecular complexity index is 479. The average Bonchev–Trinajstić information content (AvgIpc) is 2.39. The molecule has 1 aromatic rings. The molecule has 1 heterocycles. The lowest BCUT2D eigenvalue weighted by Gasteiger charge is -2.35. The van der Waals surface area contributed by atoms with Crippen LogP contribution in [0.15, 0.2) is 24.3 Å². The molecule has 0 spiro atoms. The summed E-state index contributed by atoms with van der Waals surface area (Å²) in [7, 11) is 0. The van der Waals surface area contributed by atoms with E-state index in [2.05, 4.69) is 4.90 Å². The van der Waals surface area contributed by atoms with Crippen LogP contribution in [0.1, 0.15) is 17.3 Å². The number of piperazine rings is 1. The summed E-state index contributed by atoms with van der Waals surface area (Å²) < 4.78 is 0. The minimum absolute atomic E-state index is 0.0614. The first-order valence-corrected chi connectivity index (χ1v) is 6.36. The third-order valence-corrected chi connectivity index (χ3v) is 3.35. The normalized spacial score (nSPS) is 16.4. The Hall–Kier alpha value is -1.88. The molecule has 5 nitrogen and oxygen atoms in total. The molecule has 0 aromatic heterocycles. The topological polar surface area (TPSA) is 60.9 Å². The van der Waals surface area contributed by atoms with Gasteiger partial charge in [-0.3, -0.25) is 14.5 Å². The highest BCUT2D eigenvalue weighted by Gasteiger charge is 2.19. The predicted octanol–water partition coefficient (Wildman–Crippen LogP) is 1.10. The molecule has 1 saturated heterocycles. The van der Waals surface area contributed by atoms with E-state index in [0.717, 1.165) is 31.9 Å². The first-order chi connectivity index (χ1) is 9.06. The van der Waals surface area contributed by atoms with Crippen LogP contribution in [-0.2, 0) is 4.79 Å². The summed E-state index contributed by atoms with van der Waals surface area (Å²) in [5.74, 6) is -0.724. The Kier molecular flexibility index (Phi) is 4.16. The molecule has 1 aliphatic heterocycles. The minimum Gasteiger partial charge on any atom is -0.480 e. The molecule has 2 rings (SSSR count). The van der Waals surface area contributed by atoms with Crippen molar-refractivity contribution in [3.05, 3.63) is 29.8 Å². The number of nitrogens with zero attached hydrogens (tertiary/aromatic N) is 2. The molecule has 102 valence electrons. The van der Waals surface area contributed by atoms with Crippen molar-refractivity contribution in [1.82, 2.24) is 4.90 Å². The Balaban J connectivity index is 1.99. The third-order valence-electron chi connectivity index (χ3n) is 3.35. The molecule has 0 radical (unpaired) electrons. The SMILES string of the molecule is CC(=O)c1cccc(N2CCN(CC(=O)O)CC2)c1. The number of carbonyl (C=O) groups excluding carboxylic acids is 1. The van der Waals surface area contributed by atoms with E-state index < -0.39 is 5.97 Å². The zero-order valence-corrected chi connectivity index (χ0v) is 11.0. The van der Waals surface area contributed by atoms with Gasteiger partial charge in [-0.15, -0.1) is 0 Å². The molecule has 5 heteroatoms. The van der Waals surface area contributed by atoms with Crippen molar-refractivity contribution >= 4 is 17.4 Å². The van der Waals surface area contributed by atoms with Crippen LogP contribution in [0.4, 0.5) is 5.69 Å². The average molecular weight is 262 g/mol. The van der Waals surface area contributed by atoms with E-state index in [0.29, 0.717) is 5.56 Å². The molecule has 0 aliphatic carbocycles. The number of rotatable bonds is 4. The van der Waals surface area contributed by atoms with E-state index in [9.17, 15) is 9.59 Å². The van der Waals surface area contributed by atoms with Gasteiger partial charge in [0.2, 0.25) is 0 Å². The number of Topliss-reactive ketones (excluding diaryl/α,β-unsaturated/α-hetero) is 1. The number of ketones is 1. The standard InChI is InChI=1S/C14H18N2O3/c1-11(17)12-3-2-4-13(9-12)16-7-5-15(6-8-16)10-14(18)19/h2-4,9H,5-8,10H2,1H3,(H,18,19). The highest BCUT2D eigenvalue weighted by molar-refractivity contribution is 5.95. The molecule has 0 unspecified atom stereocenters. The first kappa shape index (κ1) is 13.5. The lowest BCUT2D eigenvalue weighted by molar-refractivity contribution is -0.138. The Morgan fingerprint density at radius 1 is 1.21 bits per heavy atom. The van der Waals surface area contributed by atoms with Crippen molar-refractivity contribution in [2.75, 3.05) is 37.6 Å². The second kappa shape index (κ2) is 5.84. The second-order valence-corrected chi connectivity index (χ2v) is 4.76. The second-order valence-electron chi connectivity index (χ2n) is 4.76. The number of carboxylic acids is 1. The molecule has 1 aromatic carbocycles. The minimum atomic E-state index is -0.785. The van der Waals surface area contributed by atoms with Crippen LogP contribution >= 0.6 is 0 Å². The van der Waals surface area contributed by atoms with Gasteiger partial charge in [0.25, 0.3) is 0 Å². The van der Waals surface area contributed by atoms with Crippen molar-refractivity contribution < 1.29 is 14.7 Å². The van der Waals surface area contributed by atoms with Gasteiger partial charge in [0.15, 0.2) is 5.78 Å². The van der Waals surface area contributed by atoms with Crippen LogP contribution in [-0.4, -0.2) is 54.5 Å². The largest absolute Gasteiger partial charge is 0.480 e. The van der Waals surface area contributed by atoms with E-state index in [1.807, 2.05) is 29.2 Å². The summed E-state index contributed by atoms with van der Waals surface area (Å²) in [4.78, 5) is 26.1. The van der Waals surface area contributed by atoms with Gasteiger partial charge < -0.3 is 10.0 Å². The van der Waals surface area contributed by atoms with Gasteiger partial charge in [0.05, 0.1) is 6.54 Å². The summed E-state index contributed by atoms with van der Waals surface area (Å²) in [6.07, 6.45) is 0. The van der Waals surface area contributed by atoms with E-state index in [-0.39, 0.29) is 12.3 Å². The maximum Gasteiger partial charge on any atom is 0.317 e. The Morgan fingerprint density at radius 2 is 1.89 bits per heavy atom. The summed E-state index contributed by atoms with van der Waals surface area (Å²) in [6, 6.07) is 7.58. The van der Waals surface area contributed by atoms with Crippen molar-refractivity contribution in [2.24, 2.45) is 0 Å². The fourth-order valence-corrected chi connectivity index (χ4v) is 2.28.